The maximum atomic E-state index is 14.8. The summed E-state index contributed by atoms with van der Waals surface area (Å²) in [6.45, 7) is -0.293. The number of aromatic carboxylic acids is 1. The third kappa shape index (κ3) is 3.50. The summed E-state index contributed by atoms with van der Waals surface area (Å²) in [5.41, 5.74) is -1.03. The van der Waals surface area contributed by atoms with Crippen molar-refractivity contribution in [3.63, 3.8) is 0 Å². The van der Waals surface area contributed by atoms with E-state index in [4.69, 9.17) is 5.11 Å². The number of carboxylic acids is 1. The normalized spacial score (nSPS) is 11.3. The Morgan fingerprint density at radius 1 is 1.00 bits per heavy atom. The van der Waals surface area contributed by atoms with Gasteiger partial charge in [-0.15, -0.1) is 0 Å². The summed E-state index contributed by atoms with van der Waals surface area (Å²) in [5.74, 6) is -4.34. The van der Waals surface area contributed by atoms with Gasteiger partial charge in [0.1, 0.15) is 11.3 Å². The quantitative estimate of drug-likeness (QED) is 0.411. The Labute approximate surface area is 187 Å². The third-order valence-corrected chi connectivity index (χ3v) is 5.18. The van der Waals surface area contributed by atoms with E-state index in [0.29, 0.717) is 0 Å². The molecule has 0 aliphatic heterocycles. The summed E-state index contributed by atoms with van der Waals surface area (Å²) in [5, 5.41) is 16.9. The highest BCUT2D eigenvalue weighted by Crippen LogP contribution is 2.29. The summed E-state index contributed by atoms with van der Waals surface area (Å²) in [7, 11) is 0. The van der Waals surface area contributed by atoms with Gasteiger partial charge in [0.2, 0.25) is 5.95 Å². The Balaban J connectivity index is 1.51. The maximum Gasteiger partial charge on any atom is 0.338 e. The van der Waals surface area contributed by atoms with Crippen molar-refractivity contribution in [2.75, 3.05) is 0 Å². The van der Waals surface area contributed by atoms with Gasteiger partial charge in [-0.3, -0.25) is 14.5 Å². The van der Waals surface area contributed by atoms with Crippen LogP contribution in [0.3, 0.4) is 0 Å². The van der Waals surface area contributed by atoms with E-state index in [1.807, 2.05) is 0 Å². The molecule has 0 spiro atoms. The zero-order chi connectivity index (χ0) is 24.0. The van der Waals surface area contributed by atoms with Crippen LogP contribution in [0.1, 0.15) is 15.9 Å². The van der Waals surface area contributed by atoms with E-state index < -0.39 is 29.0 Å². The predicted octanol–water partition coefficient (Wildman–Crippen LogP) is 3.14. The molecule has 0 amide bonds. The number of rotatable bonds is 5. The summed E-state index contributed by atoms with van der Waals surface area (Å²) >= 11 is 0. The lowest BCUT2D eigenvalue weighted by atomic mass is 10.0. The molecule has 5 aromatic rings. The number of carbonyl (C=O) groups is 1. The lowest BCUT2D eigenvalue weighted by Crippen LogP contribution is -2.17. The topological polar surface area (TPSA) is 119 Å². The first kappa shape index (κ1) is 21.1. The minimum Gasteiger partial charge on any atom is -0.478 e. The molecule has 9 nitrogen and oxygen atoms in total. The molecule has 3 aromatic heterocycles. The molecule has 12 heteroatoms. The second-order valence-electron chi connectivity index (χ2n) is 7.28. The molecule has 5 rings (SSSR count). The lowest BCUT2D eigenvalue weighted by molar-refractivity contribution is 0.0697. The molecule has 0 fully saturated rings. The monoisotopic (exact) mass is 466 g/mol. The van der Waals surface area contributed by atoms with Crippen molar-refractivity contribution in [2.45, 2.75) is 6.54 Å². The fourth-order valence-electron chi connectivity index (χ4n) is 3.53. The summed E-state index contributed by atoms with van der Waals surface area (Å²) in [4.78, 5) is 30.4. The zero-order valence-electron chi connectivity index (χ0n) is 17.0. The van der Waals surface area contributed by atoms with Gasteiger partial charge >= 0.3 is 5.97 Å². The van der Waals surface area contributed by atoms with Gasteiger partial charge in [0, 0.05) is 22.9 Å². The number of carboxylic acid groups (broad SMARTS) is 1. The van der Waals surface area contributed by atoms with Crippen molar-refractivity contribution < 1.29 is 23.1 Å². The van der Waals surface area contributed by atoms with Crippen LogP contribution in [0.25, 0.3) is 28.1 Å². The molecule has 0 saturated carbocycles. The van der Waals surface area contributed by atoms with Crippen molar-refractivity contribution >= 4 is 17.0 Å². The molecule has 0 aliphatic carbocycles. The van der Waals surface area contributed by atoms with E-state index >= 15 is 0 Å². The number of hydrogen-bond donors (Lipinski definition) is 2. The van der Waals surface area contributed by atoms with E-state index in [0.717, 1.165) is 21.6 Å². The van der Waals surface area contributed by atoms with Crippen molar-refractivity contribution in [2.24, 2.45) is 0 Å². The van der Waals surface area contributed by atoms with Crippen LogP contribution in [-0.2, 0) is 6.54 Å². The first-order chi connectivity index (χ1) is 16.3. The lowest BCUT2D eigenvalue weighted by Gasteiger charge is -2.10. The first-order valence-corrected chi connectivity index (χ1v) is 9.79. The molecule has 0 saturated heterocycles. The molecule has 170 valence electrons. The predicted molar refractivity (Wildman–Crippen MR) is 113 cm³/mol. The molecule has 0 radical (unpaired) electrons. The standard InChI is InChI=1S/C22H13F3N6O3/c23-15-4-2-1-3-13(15)14-6-5-11(17(24)18(14)25)9-30-19-16(8-27-30)28-22(29-20(19)32)31-10-12(7-26-31)21(33)34/h1-8,10H,9H2,(H,33,34)(H,28,29,32). The number of nitrogens with one attached hydrogen (secondary N) is 1. The summed E-state index contributed by atoms with van der Waals surface area (Å²) in [6, 6.07) is 8.00. The van der Waals surface area contributed by atoms with E-state index in [9.17, 15) is 22.8 Å². The molecular formula is C22H13F3N6O3. The fraction of sp³-hybridized carbons (Fsp3) is 0.0455. The smallest absolute Gasteiger partial charge is 0.338 e. The van der Waals surface area contributed by atoms with Crippen LogP contribution >= 0.6 is 0 Å². The highest BCUT2D eigenvalue weighted by atomic mass is 19.2. The molecule has 3 heterocycles. The highest BCUT2D eigenvalue weighted by Gasteiger charge is 2.19. The van der Waals surface area contributed by atoms with Gasteiger partial charge in [-0.05, 0) is 6.07 Å². The van der Waals surface area contributed by atoms with E-state index in [1.165, 1.54) is 42.7 Å². The van der Waals surface area contributed by atoms with E-state index in [1.54, 1.807) is 0 Å². The molecule has 0 bridgehead atoms. The molecule has 0 unspecified atom stereocenters. The SMILES string of the molecule is O=C(O)c1cnn(-c2nc3cnn(Cc4ccc(-c5ccccc5F)c(F)c4F)c3c(=O)[nH]2)c1. The van der Waals surface area contributed by atoms with E-state index in [-0.39, 0.29) is 45.8 Å². The number of aromatic nitrogens is 6. The highest BCUT2D eigenvalue weighted by molar-refractivity contribution is 5.87. The first-order valence-electron chi connectivity index (χ1n) is 9.79. The van der Waals surface area contributed by atoms with Crippen molar-refractivity contribution in [3.8, 4) is 17.1 Å². The third-order valence-electron chi connectivity index (χ3n) is 5.18. The van der Waals surface area contributed by atoms with Gasteiger partial charge in [-0.25, -0.2) is 27.6 Å². The van der Waals surface area contributed by atoms with Gasteiger partial charge in [0.05, 0.1) is 24.5 Å². The average Bonchev–Trinajstić information content (AvgIpc) is 3.46. The van der Waals surface area contributed by atoms with Gasteiger partial charge in [0.25, 0.3) is 5.56 Å². The van der Waals surface area contributed by atoms with Gasteiger partial charge in [0.15, 0.2) is 17.2 Å². The van der Waals surface area contributed by atoms with Crippen molar-refractivity contribution in [1.82, 2.24) is 29.5 Å². The van der Waals surface area contributed by atoms with Crippen LogP contribution < -0.4 is 5.56 Å². The Morgan fingerprint density at radius 3 is 2.53 bits per heavy atom. The fourth-order valence-corrected chi connectivity index (χ4v) is 3.53. The number of hydrogen-bond acceptors (Lipinski definition) is 5. The zero-order valence-corrected chi connectivity index (χ0v) is 17.0. The van der Waals surface area contributed by atoms with Crippen LogP contribution in [0.15, 0.2) is 59.8 Å². The second kappa shape index (κ2) is 7.99. The molecular weight excluding hydrogens is 453 g/mol. The minimum atomic E-state index is -1.22. The van der Waals surface area contributed by atoms with E-state index in [2.05, 4.69) is 20.2 Å². The summed E-state index contributed by atoms with van der Waals surface area (Å²) < 4.78 is 45.8. The molecule has 2 N–H and O–H groups in total. The van der Waals surface area contributed by atoms with Gasteiger partial charge < -0.3 is 5.11 Å². The molecule has 0 aliphatic rings. The Hall–Kier alpha value is -4.74. The second-order valence-corrected chi connectivity index (χ2v) is 7.28. The Bertz CT molecular complexity index is 1640. The molecule has 2 aromatic carbocycles. The summed E-state index contributed by atoms with van der Waals surface area (Å²) in [6.07, 6.45) is 3.53. The number of aromatic amines is 1. The Morgan fingerprint density at radius 2 is 1.79 bits per heavy atom. The molecule has 34 heavy (non-hydrogen) atoms. The number of benzene rings is 2. The van der Waals surface area contributed by atoms with Gasteiger partial charge in [-0.2, -0.15) is 10.2 Å². The number of fused-ring (bicyclic) bond motifs is 1. The molecule has 0 atom stereocenters. The minimum absolute atomic E-state index is 0.00708. The number of H-pyrrole nitrogens is 1. The number of nitrogens with zero attached hydrogens (tertiary/aromatic N) is 5. The largest absolute Gasteiger partial charge is 0.478 e. The van der Waals surface area contributed by atoms with Crippen LogP contribution in [0.2, 0.25) is 0 Å². The average molecular weight is 466 g/mol. The van der Waals surface area contributed by atoms with Crippen molar-refractivity contribution in [1.29, 1.82) is 0 Å². The maximum absolute atomic E-state index is 14.8. The van der Waals surface area contributed by atoms with Gasteiger partial charge in [-0.1, -0.05) is 30.3 Å². The number of halogens is 3. The van der Waals surface area contributed by atoms with Crippen LogP contribution in [0.4, 0.5) is 13.2 Å². The Kier molecular flexibility index (Phi) is 4.97. The van der Waals surface area contributed by atoms with Crippen molar-refractivity contribution in [3.05, 3.63) is 93.9 Å². The van der Waals surface area contributed by atoms with Crippen LogP contribution in [-0.4, -0.2) is 40.6 Å². The van der Waals surface area contributed by atoms with Crippen LogP contribution in [0, 0.1) is 17.5 Å². The van der Waals surface area contributed by atoms with Crippen LogP contribution in [0.5, 0.6) is 0 Å².